The Hall–Kier alpha value is -0.500. The van der Waals surface area contributed by atoms with Gasteiger partial charge >= 0.3 is 0 Å². The Balaban J connectivity index is 2.67. The van der Waals surface area contributed by atoms with Crippen LogP contribution in [0.3, 0.4) is 0 Å². The topological polar surface area (TPSA) is 12.0 Å². The molecule has 1 rings (SSSR count). The van der Waals surface area contributed by atoms with E-state index < -0.39 is 0 Å². The van der Waals surface area contributed by atoms with Crippen LogP contribution >= 0.6 is 23.2 Å². The molecule has 0 amide bonds. The molecular weight excluding hydrogens is 253 g/mol. The van der Waals surface area contributed by atoms with Gasteiger partial charge in [0.25, 0.3) is 0 Å². The molecule has 94 valence electrons. The van der Waals surface area contributed by atoms with E-state index in [1.807, 2.05) is 25.2 Å². The van der Waals surface area contributed by atoms with Crippen molar-refractivity contribution >= 4 is 23.2 Å². The van der Waals surface area contributed by atoms with Crippen molar-refractivity contribution in [3.63, 3.8) is 0 Å². The summed E-state index contributed by atoms with van der Waals surface area (Å²) < 4.78 is 0. The van der Waals surface area contributed by atoms with Crippen LogP contribution in [-0.4, -0.2) is 13.1 Å². The van der Waals surface area contributed by atoms with Crippen molar-refractivity contribution in [1.29, 1.82) is 0 Å². The minimum absolute atomic E-state index is 0.402. The molecule has 1 unspecified atom stereocenters. The Morgan fingerprint density at radius 1 is 1.35 bits per heavy atom. The van der Waals surface area contributed by atoms with Gasteiger partial charge < -0.3 is 5.32 Å². The number of halogens is 2. The number of rotatable bonds is 6. The highest BCUT2D eigenvalue weighted by Crippen LogP contribution is 2.23. The molecule has 0 bridgehead atoms. The first-order valence-electron chi connectivity index (χ1n) is 5.84. The molecule has 0 aliphatic carbocycles. The maximum absolute atomic E-state index is 6.00. The highest BCUT2D eigenvalue weighted by Gasteiger charge is 2.09. The second kappa shape index (κ2) is 7.05. The maximum Gasteiger partial charge on any atom is 0.0595 e. The molecule has 3 heteroatoms. The predicted octanol–water partition coefficient (Wildman–Crippen LogP) is 4.48. The van der Waals surface area contributed by atoms with Crippen LogP contribution in [0.5, 0.6) is 0 Å². The van der Waals surface area contributed by atoms with Gasteiger partial charge in [-0.2, -0.15) is 0 Å². The lowest BCUT2D eigenvalue weighted by Crippen LogP contribution is -2.27. The zero-order valence-corrected chi connectivity index (χ0v) is 11.9. The van der Waals surface area contributed by atoms with Crippen LogP contribution in [0, 0.1) is 0 Å². The Labute approximate surface area is 114 Å². The van der Waals surface area contributed by atoms with Crippen LogP contribution in [0.15, 0.2) is 30.4 Å². The molecule has 1 nitrogen and oxygen atoms in total. The summed E-state index contributed by atoms with van der Waals surface area (Å²) in [5.41, 5.74) is 2.46. The predicted molar refractivity (Wildman–Crippen MR) is 77.1 cm³/mol. The van der Waals surface area contributed by atoms with Gasteiger partial charge in [-0.1, -0.05) is 48.3 Å². The molecule has 0 fully saturated rings. The Bertz CT molecular complexity index is 388. The van der Waals surface area contributed by atoms with Gasteiger partial charge in [0.2, 0.25) is 0 Å². The van der Waals surface area contributed by atoms with Gasteiger partial charge in [0.1, 0.15) is 0 Å². The number of benzene rings is 1. The molecule has 0 heterocycles. The highest BCUT2D eigenvalue weighted by atomic mass is 35.5. The average molecular weight is 272 g/mol. The van der Waals surface area contributed by atoms with Crippen LogP contribution in [0.1, 0.15) is 25.3 Å². The zero-order valence-electron chi connectivity index (χ0n) is 10.4. The lowest BCUT2D eigenvalue weighted by atomic mass is 9.99. The van der Waals surface area contributed by atoms with Crippen LogP contribution in [0.25, 0.3) is 0 Å². The molecule has 0 saturated carbocycles. The smallest absolute Gasteiger partial charge is 0.0595 e. The van der Waals surface area contributed by atoms with Gasteiger partial charge in [0.05, 0.1) is 10.0 Å². The van der Waals surface area contributed by atoms with Gasteiger partial charge in [-0.3, -0.25) is 0 Å². The second-order valence-corrected chi connectivity index (χ2v) is 5.06. The molecule has 1 N–H and O–H groups in total. The fourth-order valence-corrected chi connectivity index (χ4v) is 2.04. The number of likely N-dealkylation sites (N-methyl/N-ethyl adjacent to an activating group) is 1. The molecule has 0 spiro atoms. The fraction of sp³-hybridized carbons (Fsp3) is 0.429. The summed E-state index contributed by atoms with van der Waals surface area (Å²) in [7, 11) is 1.98. The van der Waals surface area contributed by atoms with E-state index in [-0.39, 0.29) is 0 Å². The van der Waals surface area contributed by atoms with Gasteiger partial charge in [-0.25, -0.2) is 0 Å². The summed E-state index contributed by atoms with van der Waals surface area (Å²) in [6.07, 6.45) is 2.96. The molecule has 0 aliphatic rings. The number of hydrogen-bond donors (Lipinski definition) is 1. The van der Waals surface area contributed by atoms with Crippen LogP contribution in [0.2, 0.25) is 10.0 Å². The maximum atomic E-state index is 6.00. The van der Waals surface area contributed by atoms with Gasteiger partial charge in [0.15, 0.2) is 0 Å². The standard InChI is InChI=1S/C14H19Cl2N/c1-4-10(2)7-12(17-3)8-11-5-6-13(15)14(16)9-11/h5-6,9,12,17H,2,4,7-8H2,1,3H3. The van der Waals surface area contributed by atoms with E-state index >= 15 is 0 Å². The van der Waals surface area contributed by atoms with E-state index in [0.717, 1.165) is 19.3 Å². The second-order valence-electron chi connectivity index (χ2n) is 4.25. The lowest BCUT2D eigenvalue weighted by Gasteiger charge is -2.17. The summed E-state index contributed by atoms with van der Waals surface area (Å²) in [6.45, 7) is 6.18. The first-order chi connectivity index (χ1) is 8.06. The Kier molecular flexibility index (Phi) is 6.04. The van der Waals surface area contributed by atoms with Crippen molar-refractivity contribution < 1.29 is 0 Å². The molecule has 0 aliphatic heterocycles. The third kappa shape index (κ3) is 4.71. The van der Waals surface area contributed by atoms with Gasteiger partial charge in [0, 0.05) is 6.04 Å². The molecule has 1 aromatic carbocycles. The van der Waals surface area contributed by atoms with Crippen molar-refractivity contribution in [3.8, 4) is 0 Å². The minimum Gasteiger partial charge on any atom is -0.316 e. The third-order valence-corrected chi connectivity index (χ3v) is 3.65. The molecule has 0 radical (unpaired) electrons. The van der Waals surface area contributed by atoms with Gasteiger partial charge in [-0.15, -0.1) is 0 Å². The first kappa shape index (κ1) is 14.6. The van der Waals surface area contributed by atoms with E-state index in [9.17, 15) is 0 Å². The highest BCUT2D eigenvalue weighted by molar-refractivity contribution is 6.42. The van der Waals surface area contributed by atoms with E-state index in [1.54, 1.807) is 0 Å². The third-order valence-electron chi connectivity index (χ3n) is 2.91. The van der Waals surface area contributed by atoms with Crippen LogP contribution in [0.4, 0.5) is 0 Å². The first-order valence-corrected chi connectivity index (χ1v) is 6.60. The molecule has 1 aromatic rings. The summed E-state index contributed by atoms with van der Waals surface area (Å²) in [5.74, 6) is 0. The molecule has 0 aromatic heterocycles. The molecule has 1 atom stereocenters. The largest absolute Gasteiger partial charge is 0.316 e. The van der Waals surface area contributed by atoms with E-state index in [1.165, 1.54) is 11.1 Å². The number of nitrogens with one attached hydrogen (secondary N) is 1. The van der Waals surface area contributed by atoms with Crippen molar-refractivity contribution in [1.82, 2.24) is 5.32 Å². The van der Waals surface area contributed by atoms with E-state index in [4.69, 9.17) is 23.2 Å². The number of hydrogen-bond acceptors (Lipinski definition) is 1. The average Bonchev–Trinajstić information content (AvgIpc) is 2.32. The molecule has 0 saturated heterocycles. The van der Waals surface area contributed by atoms with E-state index in [2.05, 4.69) is 18.8 Å². The van der Waals surface area contributed by atoms with Gasteiger partial charge in [-0.05, 0) is 44.0 Å². The van der Waals surface area contributed by atoms with E-state index in [0.29, 0.717) is 16.1 Å². The zero-order chi connectivity index (χ0) is 12.8. The lowest BCUT2D eigenvalue weighted by molar-refractivity contribution is 0.549. The van der Waals surface area contributed by atoms with Crippen molar-refractivity contribution in [2.75, 3.05) is 7.05 Å². The normalized spacial score (nSPS) is 12.5. The summed E-state index contributed by atoms with van der Waals surface area (Å²) in [4.78, 5) is 0. The minimum atomic E-state index is 0.402. The SMILES string of the molecule is C=C(CC)CC(Cc1ccc(Cl)c(Cl)c1)NC. The van der Waals surface area contributed by atoms with Crippen molar-refractivity contribution in [2.24, 2.45) is 0 Å². The summed E-state index contributed by atoms with van der Waals surface area (Å²) >= 11 is 11.9. The van der Waals surface area contributed by atoms with Crippen LogP contribution in [-0.2, 0) is 6.42 Å². The van der Waals surface area contributed by atoms with Crippen LogP contribution < -0.4 is 5.32 Å². The fourth-order valence-electron chi connectivity index (χ4n) is 1.72. The summed E-state index contributed by atoms with van der Waals surface area (Å²) in [5, 5.41) is 4.54. The molecule has 17 heavy (non-hydrogen) atoms. The van der Waals surface area contributed by atoms with Crippen molar-refractivity contribution in [3.05, 3.63) is 46.0 Å². The molecular formula is C14H19Cl2N. The Morgan fingerprint density at radius 3 is 2.59 bits per heavy atom. The summed E-state index contributed by atoms with van der Waals surface area (Å²) in [6, 6.07) is 6.20. The monoisotopic (exact) mass is 271 g/mol. The van der Waals surface area contributed by atoms with Crippen molar-refractivity contribution in [2.45, 2.75) is 32.2 Å². The Morgan fingerprint density at radius 2 is 2.06 bits per heavy atom. The quantitative estimate of drug-likeness (QED) is 0.753.